The molecule has 0 saturated heterocycles. The fourth-order valence-corrected chi connectivity index (χ4v) is 1.80. The van der Waals surface area contributed by atoms with E-state index in [0.717, 1.165) is 16.6 Å². The molecule has 2 rings (SSSR count). The Morgan fingerprint density at radius 2 is 2.24 bits per heavy atom. The van der Waals surface area contributed by atoms with Gasteiger partial charge in [-0.25, -0.2) is 4.99 Å². The smallest absolute Gasteiger partial charge is 0.183 e. The van der Waals surface area contributed by atoms with E-state index in [1.807, 2.05) is 42.8 Å². The lowest BCUT2D eigenvalue weighted by atomic mass is 10.2. The summed E-state index contributed by atoms with van der Waals surface area (Å²) in [6.45, 7) is 0. The van der Waals surface area contributed by atoms with Crippen LogP contribution in [-0.4, -0.2) is 16.4 Å². The second-order valence-corrected chi connectivity index (χ2v) is 4.01. The first kappa shape index (κ1) is 11.4. The van der Waals surface area contributed by atoms with E-state index >= 15 is 0 Å². The summed E-state index contributed by atoms with van der Waals surface area (Å²) >= 11 is 1.39. The van der Waals surface area contributed by atoms with Gasteiger partial charge in [-0.2, -0.15) is 5.26 Å². The van der Waals surface area contributed by atoms with Crippen molar-refractivity contribution in [2.24, 2.45) is 4.99 Å². The Kier molecular flexibility index (Phi) is 3.58. The molecule has 5 heteroatoms. The van der Waals surface area contributed by atoms with Crippen LogP contribution in [0.4, 0.5) is 5.69 Å². The molecule has 4 nitrogen and oxygen atoms in total. The minimum absolute atomic E-state index is 0.561. The number of nitrogens with zero attached hydrogens (tertiary/aromatic N) is 3. The van der Waals surface area contributed by atoms with Crippen LogP contribution in [0.1, 0.15) is 0 Å². The van der Waals surface area contributed by atoms with Crippen LogP contribution >= 0.6 is 11.8 Å². The number of amidine groups is 1. The van der Waals surface area contributed by atoms with Gasteiger partial charge in [0.2, 0.25) is 0 Å². The van der Waals surface area contributed by atoms with Gasteiger partial charge in [0.25, 0.3) is 0 Å². The Labute approximate surface area is 103 Å². The number of hydrogen-bond acceptors (Lipinski definition) is 4. The summed E-state index contributed by atoms with van der Waals surface area (Å²) in [5.41, 5.74) is 1.59. The fraction of sp³-hybridized carbons (Fsp3) is 0.0833. The van der Waals surface area contributed by atoms with Crippen molar-refractivity contribution in [2.75, 3.05) is 6.26 Å². The summed E-state index contributed by atoms with van der Waals surface area (Å²) in [6.07, 6.45) is 5.46. The zero-order valence-electron chi connectivity index (χ0n) is 9.21. The zero-order chi connectivity index (χ0) is 12.1. The number of thioether (sulfide) groups is 1. The molecule has 1 N–H and O–H groups in total. The topological polar surface area (TPSA) is 61.1 Å². The molecular formula is C12H10N4S. The summed E-state index contributed by atoms with van der Waals surface area (Å²) in [4.78, 5) is 8.68. The Morgan fingerprint density at radius 1 is 1.41 bits per heavy atom. The quantitative estimate of drug-likeness (QED) is 0.361. The van der Waals surface area contributed by atoms with Crippen molar-refractivity contribution < 1.29 is 0 Å². The predicted octanol–water partition coefficient (Wildman–Crippen LogP) is 2.66. The van der Waals surface area contributed by atoms with E-state index in [9.17, 15) is 0 Å². The van der Waals surface area contributed by atoms with Crippen LogP contribution in [0.5, 0.6) is 0 Å². The van der Waals surface area contributed by atoms with Gasteiger partial charge in [-0.1, -0.05) is 30.0 Å². The highest BCUT2D eigenvalue weighted by atomic mass is 32.2. The van der Waals surface area contributed by atoms with E-state index in [2.05, 4.69) is 15.3 Å². The van der Waals surface area contributed by atoms with Crippen LogP contribution in [0.25, 0.3) is 10.9 Å². The molecule has 0 aliphatic rings. The van der Waals surface area contributed by atoms with Crippen molar-refractivity contribution in [3.8, 4) is 6.19 Å². The first-order chi connectivity index (χ1) is 8.35. The highest BCUT2D eigenvalue weighted by molar-refractivity contribution is 8.13. The van der Waals surface area contributed by atoms with Crippen LogP contribution in [0, 0.1) is 11.5 Å². The number of aliphatic imine (C=N–C) groups is 1. The summed E-state index contributed by atoms with van der Waals surface area (Å²) in [5.74, 6) is 0. The Morgan fingerprint density at radius 3 is 3.00 bits per heavy atom. The second kappa shape index (κ2) is 5.32. The standard InChI is InChI=1S/C12H10N4S/c1-17-12(15-8-13)16-10-6-2-4-9-5-3-7-14-11(9)10/h2-7H,1H3,(H,15,16). The molecule has 0 saturated carbocycles. The lowest BCUT2D eigenvalue weighted by Crippen LogP contribution is -2.12. The highest BCUT2D eigenvalue weighted by Crippen LogP contribution is 2.24. The van der Waals surface area contributed by atoms with Gasteiger partial charge in [-0.05, 0) is 18.4 Å². The number of hydrogen-bond donors (Lipinski definition) is 1. The van der Waals surface area contributed by atoms with E-state index < -0.39 is 0 Å². The molecule has 0 unspecified atom stereocenters. The van der Waals surface area contributed by atoms with E-state index in [1.165, 1.54) is 11.8 Å². The molecular weight excluding hydrogens is 232 g/mol. The molecule has 0 fully saturated rings. The van der Waals surface area contributed by atoms with Gasteiger partial charge in [-0.15, -0.1) is 0 Å². The van der Waals surface area contributed by atoms with Crippen molar-refractivity contribution in [2.45, 2.75) is 0 Å². The van der Waals surface area contributed by atoms with Crippen molar-refractivity contribution in [1.29, 1.82) is 5.26 Å². The Hall–Kier alpha value is -2.06. The first-order valence-corrected chi connectivity index (χ1v) is 6.19. The van der Waals surface area contributed by atoms with Crippen LogP contribution in [0.2, 0.25) is 0 Å². The molecule has 17 heavy (non-hydrogen) atoms. The number of para-hydroxylation sites is 1. The molecule has 1 aromatic carbocycles. The van der Waals surface area contributed by atoms with Crippen LogP contribution in [0.15, 0.2) is 41.5 Å². The number of pyridine rings is 1. The minimum atomic E-state index is 0.561. The van der Waals surface area contributed by atoms with Crippen LogP contribution in [-0.2, 0) is 0 Å². The molecule has 2 aromatic rings. The van der Waals surface area contributed by atoms with E-state index in [0.29, 0.717) is 5.17 Å². The normalized spacial score (nSPS) is 11.2. The second-order valence-electron chi connectivity index (χ2n) is 3.21. The molecule has 0 bridgehead atoms. The van der Waals surface area contributed by atoms with Crippen molar-refractivity contribution in [3.63, 3.8) is 0 Å². The molecule has 84 valence electrons. The molecule has 1 heterocycles. The molecule has 0 atom stereocenters. The summed E-state index contributed by atoms with van der Waals surface area (Å²) in [5, 5.41) is 12.7. The first-order valence-electron chi connectivity index (χ1n) is 4.96. The number of fused-ring (bicyclic) bond motifs is 1. The van der Waals surface area contributed by atoms with E-state index in [4.69, 9.17) is 5.26 Å². The highest BCUT2D eigenvalue weighted by Gasteiger charge is 2.02. The van der Waals surface area contributed by atoms with Gasteiger partial charge in [-0.3, -0.25) is 10.3 Å². The fourth-order valence-electron chi connectivity index (χ4n) is 1.46. The Bertz CT molecular complexity index is 595. The molecule has 1 aromatic heterocycles. The average Bonchev–Trinajstić information content (AvgIpc) is 2.38. The predicted molar refractivity (Wildman–Crippen MR) is 71.1 cm³/mol. The number of rotatable bonds is 1. The largest absolute Gasteiger partial charge is 0.271 e. The van der Waals surface area contributed by atoms with Gasteiger partial charge in [0.15, 0.2) is 11.4 Å². The minimum Gasteiger partial charge on any atom is -0.271 e. The molecule has 0 aliphatic carbocycles. The zero-order valence-corrected chi connectivity index (χ0v) is 10.0. The van der Waals surface area contributed by atoms with Crippen molar-refractivity contribution in [3.05, 3.63) is 36.5 Å². The molecule has 0 spiro atoms. The third-order valence-corrected chi connectivity index (χ3v) is 2.77. The molecule has 0 amide bonds. The summed E-state index contributed by atoms with van der Waals surface area (Å²) < 4.78 is 0. The number of nitrogens with one attached hydrogen (secondary N) is 1. The van der Waals surface area contributed by atoms with Crippen molar-refractivity contribution in [1.82, 2.24) is 10.3 Å². The lowest BCUT2D eigenvalue weighted by molar-refractivity contribution is 1.28. The number of nitriles is 1. The molecule has 0 radical (unpaired) electrons. The van der Waals surface area contributed by atoms with Gasteiger partial charge in [0.05, 0.1) is 11.2 Å². The maximum atomic E-state index is 8.59. The van der Waals surface area contributed by atoms with E-state index in [1.54, 1.807) is 6.20 Å². The van der Waals surface area contributed by atoms with Gasteiger partial charge in [0, 0.05) is 11.6 Å². The number of benzene rings is 1. The van der Waals surface area contributed by atoms with Crippen molar-refractivity contribution >= 4 is 33.5 Å². The van der Waals surface area contributed by atoms with E-state index in [-0.39, 0.29) is 0 Å². The Balaban J connectivity index is 2.52. The van der Waals surface area contributed by atoms with Gasteiger partial charge < -0.3 is 0 Å². The maximum absolute atomic E-state index is 8.59. The van der Waals surface area contributed by atoms with Gasteiger partial charge in [0.1, 0.15) is 0 Å². The number of aromatic nitrogens is 1. The van der Waals surface area contributed by atoms with Gasteiger partial charge >= 0.3 is 0 Å². The summed E-state index contributed by atoms with van der Waals surface area (Å²) in [6, 6.07) is 9.66. The third-order valence-electron chi connectivity index (χ3n) is 2.19. The molecule has 0 aliphatic heterocycles. The monoisotopic (exact) mass is 242 g/mol. The average molecular weight is 242 g/mol. The lowest BCUT2D eigenvalue weighted by Gasteiger charge is -2.02. The summed E-state index contributed by atoms with van der Waals surface area (Å²) in [7, 11) is 0. The van der Waals surface area contributed by atoms with Crippen LogP contribution < -0.4 is 5.32 Å². The SMILES string of the molecule is CSC(=Nc1cccc2cccnc12)NC#N. The van der Waals surface area contributed by atoms with Crippen LogP contribution in [0.3, 0.4) is 0 Å². The maximum Gasteiger partial charge on any atom is 0.183 e. The third kappa shape index (κ3) is 2.55.